The molecule has 1 aliphatic heterocycles. The van der Waals surface area contributed by atoms with Crippen molar-refractivity contribution in [2.45, 2.75) is 26.1 Å². The van der Waals surface area contributed by atoms with Crippen molar-refractivity contribution in [1.29, 1.82) is 0 Å². The van der Waals surface area contributed by atoms with Gasteiger partial charge >= 0.3 is 0 Å². The van der Waals surface area contributed by atoms with Crippen molar-refractivity contribution in [1.82, 2.24) is 4.90 Å². The molecule has 3 nitrogen and oxygen atoms in total. The molecule has 4 heteroatoms. The molecule has 0 unspecified atom stereocenters. The minimum absolute atomic E-state index is 0.184. The molecule has 0 amide bonds. The molecule has 4 rings (SSSR count). The molecule has 28 heavy (non-hydrogen) atoms. The first-order valence-electron chi connectivity index (χ1n) is 9.54. The van der Waals surface area contributed by atoms with Crippen molar-refractivity contribution >= 4 is 0 Å². The molecular formula is C24H24FNO2. The van der Waals surface area contributed by atoms with E-state index in [1.807, 2.05) is 24.3 Å². The van der Waals surface area contributed by atoms with Crippen molar-refractivity contribution < 1.29 is 13.9 Å². The maximum Gasteiger partial charge on any atom is 0.161 e. The lowest BCUT2D eigenvalue weighted by molar-refractivity contribution is 0.242. The molecule has 0 saturated heterocycles. The highest BCUT2D eigenvalue weighted by Gasteiger charge is 2.20. The third-order valence-electron chi connectivity index (χ3n) is 5.11. The van der Waals surface area contributed by atoms with Gasteiger partial charge < -0.3 is 9.47 Å². The van der Waals surface area contributed by atoms with E-state index >= 15 is 0 Å². The average molecular weight is 377 g/mol. The minimum Gasteiger partial charge on any atom is -0.493 e. The van der Waals surface area contributed by atoms with Crippen molar-refractivity contribution in [2.75, 3.05) is 13.7 Å². The molecule has 0 fully saturated rings. The van der Waals surface area contributed by atoms with Crippen LogP contribution in [0.2, 0.25) is 0 Å². The van der Waals surface area contributed by atoms with Gasteiger partial charge in [-0.25, -0.2) is 4.39 Å². The van der Waals surface area contributed by atoms with Crippen molar-refractivity contribution in [3.8, 4) is 11.5 Å². The zero-order chi connectivity index (χ0) is 19.3. The van der Waals surface area contributed by atoms with Gasteiger partial charge in [0.05, 0.1) is 7.11 Å². The summed E-state index contributed by atoms with van der Waals surface area (Å²) in [6.45, 7) is 3.02. The second-order valence-electron chi connectivity index (χ2n) is 7.14. The first kappa shape index (κ1) is 18.5. The Morgan fingerprint density at radius 1 is 0.893 bits per heavy atom. The summed E-state index contributed by atoms with van der Waals surface area (Å²) in [7, 11) is 1.67. The van der Waals surface area contributed by atoms with E-state index in [0.717, 1.165) is 48.7 Å². The lowest BCUT2D eigenvalue weighted by Gasteiger charge is -2.29. The summed E-state index contributed by atoms with van der Waals surface area (Å²) in [6.07, 6.45) is 0.941. The van der Waals surface area contributed by atoms with Crippen LogP contribution in [0, 0.1) is 5.82 Å². The van der Waals surface area contributed by atoms with Crippen LogP contribution in [0.25, 0.3) is 0 Å². The van der Waals surface area contributed by atoms with E-state index in [1.54, 1.807) is 19.2 Å². The van der Waals surface area contributed by atoms with Crippen LogP contribution in [0.15, 0.2) is 66.7 Å². The molecular weight excluding hydrogens is 353 g/mol. The largest absolute Gasteiger partial charge is 0.493 e. The third-order valence-corrected chi connectivity index (χ3v) is 5.11. The summed E-state index contributed by atoms with van der Waals surface area (Å²) in [6, 6.07) is 21.1. The Labute approximate surface area is 165 Å². The quantitative estimate of drug-likeness (QED) is 0.605. The number of halogens is 1. The van der Waals surface area contributed by atoms with Crippen LogP contribution in [-0.2, 0) is 26.1 Å². The van der Waals surface area contributed by atoms with Gasteiger partial charge in [0, 0.05) is 19.6 Å². The Balaban J connectivity index is 1.48. The van der Waals surface area contributed by atoms with E-state index in [9.17, 15) is 4.39 Å². The van der Waals surface area contributed by atoms with Crippen LogP contribution in [0.5, 0.6) is 11.5 Å². The van der Waals surface area contributed by atoms with Crippen LogP contribution in [0.1, 0.15) is 22.3 Å². The summed E-state index contributed by atoms with van der Waals surface area (Å²) >= 11 is 0. The molecule has 1 aliphatic rings. The molecule has 0 saturated carbocycles. The summed E-state index contributed by atoms with van der Waals surface area (Å²) in [4.78, 5) is 2.33. The van der Waals surface area contributed by atoms with E-state index in [4.69, 9.17) is 9.47 Å². The maximum absolute atomic E-state index is 13.4. The van der Waals surface area contributed by atoms with Gasteiger partial charge in [-0.2, -0.15) is 0 Å². The van der Waals surface area contributed by atoms with Crippen LogP contribution in [-0.4, -0.2) is 18.6 Å². The smallest absolute Gasteiger partial charge is 0.161 e. The topological polar surface area (TPSA) is 21.7 Å². The second kappa shape index (κ2) is 8.44. The number of benzene rings is 3. The van der Waals surface area contributed by atoms with Crippen LogP contribution in [0.3, 0.4) is 0 Å². The Morgan fingerprint density at radius 3 is 2.46 bits per heavy atom. The van der Waals surface area contributed by atoms with E-state index in [1.165, 1.54) is 17.2 Å². The lowest BCUT2D eigenvalue weighted by Crippen LogP contribution is -2.30. The standard InChI is InChI=1S/C24H24FNO2/c1-27-23-14-21-16-26(15-19-8-5-9-22(25)12-19)11-10-20(21)13-24(23)28-17-18-6-3-2-4-7-18/h2-9,12-14H,10-11,15-17H2,1H3. The first-order valence-corrected chi connectivity index (χ1v) is 9.54. The minimum atomic E-state index is -0.184. The monoisotopic (exact) mass is 377 g/mol. The van der Waals surface area contributed by atoms with Gasteiger partial charge in [0.1, 0.15) is 12.4 Å². The fraction of sp³-hybridized carbons (Fsp3) is 0.250. The normalized spacial score (nSPS) is 13.8. The molecule has 3 aromatic carbocycles. The van der Waals surface area contributed by atoms with Gasteiger partial charge in [-0.1, -0.05) is 42.5 Å². The predicted molar refractivity (Wildman–Crippen MR) is 108 cm³/mol. The molecule has 1 heterocycles. The third kappa shape index (κ3) is 4.34. The Bertz CT molecular complexity index is 943. The summed E-state index contributed by atoms with van der Waals surface area (Å²) in [5.74, 6) is 1.35. The van der Waals surface area contributed by atoms with Crippen LogP contribution in [0.4, 0.5) is 4.39 Å². The fourth-order valence-electron chi connectivity index (χ4n) is 3.66. The van der Waals surface area contributed by atoms with Gasteiger partial charge in [0.15, 0.2) is 11.5 Å². The second-order valence-corrected chi connectivity index (χ2v) is 7.14. The molecule has 3 aromatic rings. The van der Waals surface area contributed by atoms with Crippen molar-refractivity contribution in [2.24, 2.45) is 0 Å². The SMILES string of the molecule is COc1cc2c(cc1OCc1ccccc1)CCN(Cc1cccc(F)c1)C2. The lowest BCUT2D eigenvalue weighted by atomic mass is 9.98. The van der Waals surface area contributed by atoms with Crippen molar-refractivity contribution in [3.05, 3.63) is 94.8 Å². The Hall–Kier alpha value is -2.85. The molecule has 0 N–H and O–H groups in total. The van der Waals surface area contributed by atoms with Gasteiger partial charge in [-0.15, -0.1) is 0 Å². The maximum atomic E-state index is 13.4. The van der Waals surface area contributed by atoms with E-state index < -0.39 is 0 Å². The molecule has 0 bridgehead atoms. The van der Waals surface area contributed by atoms with Crippen LogP contribution >= 0.6 is 0 Å². The van der Waals surface area contributed by atoms with Gasteiger partial charge in [0.25, 0.3) is 0 Å². The Morgan fingerprint density at radius 2 is 1.68 bits per heavy atom. The number of methoxy groups -OCH3 is 1. The Kier molecular flexibility index (Phi) is 5.58. The van der Waals surface area contributed by atoms with E-state index in [2.05, 4.69) is 29.2 Å². The van der Waals surface area contributed by atoms with Gasteiger partial charge in [-0.05, 0) is 52.9 Å². The van der Waals surface area contributed by atoms with Crippen molar-refractivity contribution in [3.63, 3.8) is 0 Å². The number of fused-ring (bicyclic) bond motifs is 1. The molecule has 0 aromatic heterocycles. The zero-order valence-corrected chi connectivity index (χ0v) is 16.0. The number of rotatable bonds is 6. The first-order chi connectivity index (χ1) is 13.7. The summed E-state index contributed by atoms with van der Waals surface area (Å²) in [5.41, 5.74) is 4.66. The number of nitrogens with zero attached hydrogens (tertiary/aromatic N) is 1. The molecule has 0 radical (unpaired) electrons. The highest BCUT2D eigenvalue weighted by atomic mass is 19.1. The van der Waals surface area contributed by atoms with E-state index in [-0.39, 0.29) is 5.82 Å². The molecule has 144 valence electrons. The highest BCUT2D eigenvalue weighted by molar-refractivity contribution is 5.48. The van der Waals surface area contributed by atoms with Gasteiger partial charge in [-0.3, -0.25) is 4.90 Å². The highest BCUT2D eigenvalue weighted by Crippen LogP contribution is 2.34. The zero-order valence-electron chi connectivity index (χ0n) is 16.0. The number of hydrogen-bond acceptors (Lipinski definition) is 3. The van der Waals surface area contributed by atoms with E-state index in [0.29, 0.717) is 6.61 Å². The summed E-state index contributed by atoms with van der Waals surface area (Å²) in [5, 5.41) is 0. The average Bonchev–Trinajstić information content (AvgIpc) is 2.72. The number of ether oxygens (including phenoxy) is 2. The number of hydrogen-bond donors (Lipinski definition) is 0. The molecule has 0 aliphatic carbocycles. The van der Waals surface area contributed by atoms with Gasteiger partial charge in [0.2, 0.25) is 0 Å². The summed E-state index contributed by atoms with van der Waals surface area (Å²) < 4.78 is 25.1. The van der Waals surface area contributed by atoms with Crippen LogP contribution < -0.4 is 9.47 Å². The fourth-order valence-corrected chi connectivity index (χ4v) is 3.66. The molecule has 0 atom stereocenters. The predicted octanol–water partition coefficient (Wildman–Crippen LogP) is 4.97. The molecule has 0 spiro atoms.